The lowest BCUT2D eigenvalue weighted by Crippen LogP contribution is -2.46. The maximum Gasteiger partial charge on any atom is 0.0327 e. The molecule has 2 nitrogen and oxygen atoms in total. The Hall–Kier alpha value is -0.860. The van der Waals surface area contributed by atoms with Gasteiger partial charge in [-0.05, 0) is 50.8 Å². The molecule has 0 aliphatic carbocycles. The Labute approximate surface area is 130 Å². The Kier molecular flexibility index (Phi) is 5.45. The zero-order valence-corrected chi connectivity index (χ0v) is 14.4. The highest BCUT2D eigenvalue weighted by atomic mass is 15.1. The molecular formula is C19H32N2. The van der Waals surface area contributed by atoms with Crippen LogP contribution in [0.3, 0.4) is 0 Å². The first kappa shape index (κ1) is 16.5. The van der Waals surface area contributed by atoms with Crippen LogP contribution in [0.25, 0.3) is 0 Å². The van der Waals surface area contributed by atoms with Crippen molar-refractivity contribution < 1.29 is 0 Å². The molecule has 0 radical (unpaired) electrons. The molecule has 2 heteroatoms. The summed E-state index contributed by atoms with van der Waals surface area (Å²) in [5.74, 6) is 0. The Morgan fingerprint density at radius 1 is 1.24 bits per heavy atom. The first-order chi connectivity index (χ1) is 9.85. The highest BCUT2D eigenvalue weighted by Gasteiger charge is 2.27. The lowest BCUT2D eigenvalue weighted by atomic mass is 9.84. The van der Waals surface area contributed by atoms with Crippen molar-refractivity contribution in [3.05, 3.63) is 35.9 Å². The SMILES string of the molecule is CC1CC(NC(CC(C)(C)C)c2ccccc2)CCN1C. The van der Waals surface area contributed by atoms with Crippen molar-refractivity contribution in [1.82, 2.24) is 10.2 Å². The van der Waals surface area contributed by atoms with E-state index in [2.05, 4.69) is 75.3 Å². The Bertz CT molecular complexity index is 421. The van der Waals surface area contributed by atoms with E-state index >= 15 is 0 Å². The summed E-state index contributed by atoms with van der Waals surface area (Å²) in [6.07, 6.45) is 3.69. The second-order valence-electron chi connectivity index (χ2n) is 7.95. The van der Waals surface area contributed by atoms with E-state index in [1.54, 1.807) is 0 Å². The lowest BCUT2D eigenvalue weighted by Gasteiger charge is -2.38. The van der Waals surface area contributed by atoms with Crippen molar-refractivity contribution in [2.24, 2.45) is 5.41 Å². The molecule has 1 saturated heterocycles. The van der Waals surface area contributed by atoms with Crippen molar-refractivity contribution in [1.29, 1.82) is 0 Å². The summed E-state index contributed by atoms with van der Waals surface area (Å²) in [6, 6.07) is 12.7. The van der Waals surface area contributed by atoms with Crippen LogP contribution in [0, 0.1) is 5.41 Å². The molecular weight excluding hydrogens is 256 g/mol. The molecule has 0 spiro atoms. The fourth-order valence-electron chi connectivity index (χ4n) is 3.30. The van der Waals surface area contributed by atoms with Gasteiger partial charge in [0.2, 0.25) is 0 Å². The van der Waals surface area contributed by atoms with Gasteiger partial charge in [-0.25, -0.2) is 0 Å². The van der Waals surface area contributed by atoms with Gasteiger partial charge in [0.25, 0.3) is 0 Å². The predicted octanol–water partition coefficient (Wildman–Crippen LogP) is 4.24. The second-order valence-corrected chi connectivity index (χ2v) is 7.95. The van der Waals surface area contributed by atoms with Crippen LogP contribution in [-0.4, -0.2) is 30.6 Å². The van der Waals surface area contributed by atoms with Crippen LogP contribution in [-0.2, 0) is 0 Å². The molecule has 1 aliphatic rings. The van der Waals surface area contributed by atoms with E-state index in [0.29, 0.717) is 23.5 Å². The fourth-order valence-corrected chi connectivity index (χ4v) is 3.30. The second kappa shape index (κ2) is 6.93. The van der Waals surface area contributed by atoms with Crippen LogP contribution in [0.4, 0.5) is 0 Å². The fraction of sp³-hybridized carbons (Fsp3) is 0.684. The van der Waals surface area contributed by atoms with E-state index in [0.717, 1.165) is 0 Å². The highest BCUT2D eigenvalue weighted by Crippen LogP contribution is 2.31. The van der Waals surface area contributed by atoms with Crippen molar-refractivity contribution in [2.45, 2.75) is 65.1 Å². The average Bonchev–Trinajstić information content (AvgIpc) is 2.42. The molecule has 0 aromatic heterocycles. The van der Waals surface area contributed by atoms with Crippen LogP contribution >= 0.6 is 0 Å². The Morgan fingerprint density at radius 3 is 2.48 bits per heavy atom. The summed E-state index contributed by atoms with van der Waals surface area (Å²) < 4.78 is 0. The molecule has 0 bridgehead atoms. The third kappa shape index (κ3) is 5.12. The van der Waals surface area contributed by atoms with Gasteiger partial charge in [0.15, 0.2) is 0 Å². The molecule has 21 heavy (non-hydrogen) atoms. The molecule has 1 fully saturated rings. The molecule has 2 rings (SSSR count). The number of hydrogen-bond acceptors (Lipinski definition) is 2. The quantitative estimate of drug-likeness (QED) is 0.891. The van der Waals surface area contributed by atoms with Crippen LogP contribution in [0.15, 0.2) is 30.3 Å². The van der Waals surface area contributed by atoms with E-state index < -0.39 is 0 Å². The van der Waals surface area contributed by atoms with Crippen molar-refractivity contribution in [2.75, 3.05) is 13.6 Å². The van der Waals surface area contributed by atoms with E-state index in [9.17, 15) is 0 Å². The van der Waals surface area contributed by atoms with Crippen LogP contribution in [0.2, 0.25) is 0 Å². The van der Waals surface area contributed by atoms with E-state index in [-0.39, 0.29) is 0 Å². The van der Waals surface area contributed by atoms with Gasteiger partial charge in [0.05, 0.1) is 0 Å². The molecule has 0 amide bonds. The van der Waals surface area contributed by atoms with Crippen molar-refractivity contribution in [3.8, 4) is 0 Å². The molecule has 1 aromatic rings. The third-order valence-corrected chi connectivity index (χ3v) is 4.66. The zero-order valence-electron chi connectivity index (χ0n) is 14.4. The van der Waals surface area contributed by atoms with Gasteiger partial charge in [0, 0.05) is 18.1 Å². The summed E-state index contributed by atoms with van der Waals surface area (Å²) in [5, 5.41) is 3.95. The molecule has 0 saturated carbocycles. The first-order valence-electron chi connectivity index (χ1n) is 8.36. The van der Waals surface area contributed by atoms with Crippen molar-refractivity contribution >= 4 is 0 Å². The molecule has 3 atom stereocenters. The summed E-state index contributed by atoms with van der Waals surface area (Å²) in [5.41, 5.74) is 1.77. The van der Waals surface area contributed by atoms with E-state index in [1.807, 2.05) is 0 Å². The minimum atomic E-state index is 0.338. The molecule has 1 heterocycles. The van der Waals surface area contributed by atoms with Crippen molar-refractivity contribution in [3.63, 3.8) is 0 Å². The van der Waals surface area contributed by atoms with Gasteiger partial charge < -0.3 is 10.2 Å². The van der Waals surface area contributed by atoms with Gasteiger partial charge in [-0.15, -0.1) is 0 Å². The summed E-state index contributed by atoms with van der Waals surface area (Å²) >= 11 is 0. The smallest absolute Gasteiger partial charge is 0.0327 e. The first-order valence-corrected chi connectivity index (χ1v) is 8.36. The molecule has 1 aromatic carbocycles. The maximum absolute atomic E-state index is 3.95. The van der Waals surface area contributed by atoms with Gasteiger partial charge in [-0.3, -0.25) is 0 Å². The normalized spacial score (nSPS) is 25.8. The number of benzene rings is 1. The minimum absolute atomic E-state index is 0.338. The topological polar surface area (TPSA) is 15.3 Å². The number of nitrogens with zero attached hydrogens (tertiary/aromatic N) is 1. The molecule has 1 aliphatic heterocycles. The third-order valence-electron chi connectivity index (χ3n) is 4.66. The van der Waals surface area contributed by atoms with E-state index in [4.69, 9.17) is 0 Å². The summed E-state index contributed by atoms with van der Waals surface area (Å²) in [4.78, 5) is 2.47. The number of piperidine rings is 1. The Morgan fingerprint density at radius 2 is 1.90 bits per heavy atom. The largest absolute Gasteiger partial charge is 0.307 e. The highest BCUT2D eigenvalue weighted by molar-refractivity contribution is 5.19. The minimum Gasteiger partial charge on any atom is -0.307 e. The zero-order chi connectivity index (χ0) is 15.5. The lowest BCUT2D eigenvalue weighted by molar-refractivity contribution is 0.155. The summed E-state index contributed by atoms with van der Waals surface area (Å²) in [7, 11) is 2.24. The maximum atomic E-state index is 3.95. The average molecular weight is 288 g/mol. The van der Waals surface area contributed by atoms with Crippen LogP contribution in [0.5, 0.6) is 0 Å². The predicted molar refractivity (Wildman–Crippen MR) is 91.5 cm³/mol. The monoisotopic (exact) mass is 288 g/mol. The van der Waals surface area contributed by atoms with Gasteiger partial charge in [-0.2, -0.15) is 0 Å². The molecule has 3 unspecified atom stereocenters. The number of hydrogen-bond donors (Lipinski definition) is 1. The number of rotatable bonds is 4. The number of nitrogens with one attached hydrogen (secondary N) is 1. The van der Waals surface area contributed by atoms with Gasteiger partial charge >= 0.3 is 0 Å². The van der Waals surface area contributed by atoms with Crippen LogP contribution in [0.1, 0.15) is 58.6 Å². The number of likely N-dealkylation sites (tertiary alicyclic amines) is 1. The van der Waals surface area contributed by atoms with Gasteiger partial charge in [0.1, 0.15) is 0 Å². The molecule has 118 valence electrons. The molecule has 1 N–H and O–H groups in total. The Balaban J connectivity index is 2.06. The van der Waals surface area contributed by atoms with E-state index in [1.165, 1.54) is 31.4 Å². The standard InChI is InChI=1S/C19H32N2/c1-15-13-17(11-12-21(15)5)20-18(14-19(2,3)4)16-9-7-6-8-10-16/h6-10,15,17-18,20H,11-14H2,1-5H3. The van der Waals surface area contributed by atoms with Gasteiger partial charge in [-0.1, -0.05) is 51.1 Å². The summed E-state index contributed by atoms with van der Waals surface area (Å²) in [6.45, 7) is 10.6. The van der Waals surface area contributed by atoms with Crippen LogP contribution < -0.4 is 5.32 Å².